The molecular weight excluding hydrogens is 184 g/mol. The minimum atomic E-state index is -0.441. The summed E-state index contributed by atoms with van der Waals surface area (Å²) < 4.78 is 4.78. The van der Waals surface area contributed by atoms with E-state index in [9.17, 15) is 4.79 Å². The molecule has 1 rings (SSSR count). The van der Waals surface area contributed by atoms with Crippen molar-refractivity contribution in [3.63, 3.8) is 0 Å². The number of benzene rings is 1. The van der Waals surface area contributed by atoms with Gasteiger partial charge in [-0.1, -0.05) is 0 Å². The smallest absolute Gasteiger partial charge is 0.338 e. The van der Waals surface area contributed by atoms with Crippen molar-refractivity contribution in [3.8, 4) is 0 Å². The number of rotatable bonds is 3. The molecule has 0 unspecified atom stereocenters. The Morgan fingerprint density at radius 1 is 1.64 bits per heavy atom. The molecule has 0 aliphatic heterocycles. The van der Waals surface area contributed by atoms with Gasteiger partial charge in [-0.15, -0.1) is 0 Å². The summed E-state index contributed by atoms with van der Waals surface area (Å²) in [6.45, 7) is 2.03. The van der Waals surface area contributed by atoms with E-state index in [1.165, 1.54) is 18.2 Å². The van der Waals surface area contributed by atoms with Gasteiger partial charge < -0.3 is 10.5 Å². The first-order valence-electron chi connectivity index (χ1n) is 4.15. The summed E-state index contributed by atoms with van der Waals surface area (Å²) in [6.07, 6.45) is 0. The molecule has 76 valence electrons. The van der Waals surface area contributed by atoms with Crippen molar-refractivity contribution in [2.45, 2.75) is 6.92 Å². The topological polar surface area (TPSA) is 84.6 Å². The Morgan fingerprint density at radius 3 is 2.93 bits per heavy atom. The van der Waals surface area contributed by atoms with Gasteiger partial charge >= 0.3 is 5.97 Å². The van der Waals surface area contributed by atoms with E-state index in [2.05, 4.69) is 0 Å². The Kier molecular flexibility index (Phi) is 3.30. The van der Waals surface area contributed by atoms with Gasteiger partial charge in [-0.05, 0) is 25.1 Å². The highest BCUT2D eigenvalue weighted by Crippen LogP contribution is 2.19. The zero-order valence-electron chi connectivity index (χ0n) is 7.78. The van der Waals surface area contributed by atoms with E-state index in [0.29, 0.717) is 17.9 Å². The molecule has 4 N–H and O–H groups in total. The van der Waals surface area contributed by atoms with Crippen LogP contribution in [0.1, 0.15) is 17.3 Å². The Labute approximate surface area is 81.4 Å². The van der Waals surface area contributed by atoms with Crippen LogP contribution in [0.2, 0.25) is 0 Å². The van der Waals surface area contributed by atoms with E-state index >= 15 is 0 Å². The van der Waals surface area contributed by atoms with E-state index in [0.717, 1.165) is 0 Å². The molecule has 14 heavy (non-hydrogen) atoms. The molecule has 0 aromatic heterocycles. The number of hydrogen-bond acceptors (Lipinski definition) is 5. The zero-order chi connectivity index (χ0) is 10.6. The molecule has 0 aliphatic rings. The third kappa shape index (κ3) is 2.14. The number of esters is 1. The van der Waals surface area contributed by atoms with Gasteiger partial charge in [-0.2, -0.15) is 0 Å². The van der Waals surface area contributed by atoms with Crippen molar-refractivity contribution >= 4 is 17.3 Å². The molecule has 1 aromatic rings. The largest absolute Gasteiger partial charge is 0.462 e. The number of carbonyl (C=O) groups is 1. The van der Waals surface area contributed by atoms with Crippen molar-refractivity contribution in [2.75, 3.05) is 17.8 Å². The number of carbonyl (C=O) groups excluding carboxylic acids is 1. The van der Waals surface area contributed by atoms with Gasteiger partial charge in [0.1, 0.15) is 0 Å². The molecule has 0 aliphatic carbocycles. The molecule has 0 saturated carbocycles. The maximum Gasteiger partial charge on any atom is 0.338 e. The number of hydrogen-bond donors (Lipinski definition) is 3. The number of nitrogens with two attached hydrogens (primary N) is 1. The third-order valence-electron chi connectivity index (χ3n) is 1.68. The second-order valence-electron chi connectivity index (χ2n) is 2.63. The Balaban J connectivity index is 2.94. The summed E-state index contributed by atoms with van der Waals surface area (Å²) in [4.78, 5) is 11.3. The first-order chi connectivity index (χ1) is 6.69. The predicted octanol–water partition coefficient (Wildman–Crippen LogP) is 1.25. The molecular formula is C9H12N2O3. The molecule has 0 fully saturated rings. The van der Waals surface area contributed by atoms with Crippen molar-refractivity contribution < 1.29 is 14.7 Å². The van der Waals surface area contributed by atoms with Crippen LogP contribution in [0.15, 0.2) is 18.2 Å². The van der Waals surface area contributed by atoms with Crippen LogP contribution in [-0.4, -0.2) is 17.8 Å². The summed E-state index contributed by atoms with van der Waals surface area (Å²) in [6, 6.07) is 4.48. The Bertz CT molecular complexity index is 339. The second kappa shape index (κ2) is 4.48. The summed E-state index contributed by atoms with van der Waals surface area (Å²) in [5.41, 5.74) is 8.39. The predicted molar refractivity (Wildman–Crippen MR) is 52.2 cm³/mol. The average Bonchev–Trinajstić information content (AvgIpc) is 2.19. The molecule has 0 atom stereocenters. The average molecular weight is 196 g/mol. The molecule has 0 heterocycles. The first-order valence-corrected chi connectivity index (χ1v) is 4.15. The fourth-order valence-electron chi connectivity index (χ4n) is 0.995. The van der Waals surface area contributed by atoms with Crippen molar-refractivity contribution in [1.29, 1.82) is 0 Å². The lowest BCUT2D eigenvalue weighted by molar-refractivity contribution is 0.0526. The quantitative estimate of drug-likeness (QED) is 0.385. The van der Waals surface area contributed by atoms with Crippen LogP contribution < -0.4 is 11.2 Å². The summed E-state index contributed by atoms with van der Waals surface area (Å²) in [7, 11) is 0. The molecule has 5 nitrogen and oxygen atoms in total. The number of ether oxygens (including phenoxy) is 1. The molecule has 0 bridgehead atoms. The Morgan fingerprint density at radius 2 is 2.36 bits per heavy atom. The van der Waals surface area contributed by atoms with Gasteiger partial charge in [0.05, 0.1) is 23.5 Å². The maximum atomic E-state index is 11.3. The highest BCUT2D eigenvalue weighted by molar-refractivity contribution is 5.91. The van der Waals surface area contributed by atoms with E-state index in [1.807, 2.05) is 5.48 Å². The number of anilines is 2. The van der Waals surface area contributed by atoms with Crippen LogP contribution in [0.5, 0.6) is 0 Å². The molecule has 0 radical (unpaired) electrons. The summed E-state index contributed by atoms with van der Waals surface area (Å²) in [5, 5.41) is 8.67. The van der Waals surface area contributed by atoms with Crippen LogP contribution in [0.3, 0.4) is 0 Å². The molecule has 0 amide bonds. The fraction of sp³-hybridized carbons (Fsp3) is 0.222. The molecule has 5 heteroatoms. The first kappa shape index (κ1) is 10.3. The van der Waals surface area contributed by atoms with Gasteiger partial charge in [0.25, 0.3) is 0 Å². The van der Waals surface area contributed by atoms with Gasteiger partial charge in [0.15, 0.2) is 0 Å². The van der Waals surface area contributed by atoms with Crippen LogP contribution in [-0.2, 0) is 4.74 Å². The van der Waals surface area contributed by atoms with Crippen molar-refractivity contribution in [3.05, 3.63) is 23.8 Å². The number of nitrogen functional groups attached to an aromatic ring is 1. The van der Waals surface area contributed by atoms with Crippen LogP contribution in [0.4, 0.5) is 11.4 Å². The van der Waals surface area contributed by atoms with Gasteiger partial charge in [0.2, 0.25) is 0 Å². The van der Waals surface area contributed by atoms with Crippen LogP contribution in [0.25, 0.3) is 0 Å². The normalized spacial score (nSPS) is 9.57. The zero-order valence-corrected chi connectivity index (χ0v) is 7.78. The van der Waals surface area contributed by atoms with Crippen molar-refractivity contribution in [1.82, 2.24) is 0 Å². The van der Waals surface area contributed by atoms with Crippen LogP contribution >= 0.6 is 0 Å². The third-order valence-corrected chi connectivity index (χ3v) is 1.68. The SMILES string of the molecule is CCOC(=O)c1ccc(N)c(NO)c1. The number of nitrogens with one attached hydrogen (secondary N) is 1. The van der Waals surface area contributed by atoms with E-state index in [1.54, 1.807) is 6.92 Å². The molecule has 1 aromatic carbocycles. The lowest BCUT2D eigenvalue weighted by Crippen LogP contribution is -2.06. The maximum absolute atomic E-state index is 11.3. The van der Waals surface area contributed by atoms with Gasteiger partial charge in [-0.3, -0.25) is 10.7 Å². The van der Waals surface area contributed by atoms with E-state index < -0.39 is 5.97 Å². The highest BCUT2D eigenvalue weighted by Gasteiger charge is 2.08. The Hall–Kier alpha value is -1.75. The second-order valence-corrected chi connectivity index (χ2v) is 2.63. The minimum Gasteiger partial charge on any atom is -0.462 e. The van der Waals surface area contributed by atoms with Crippen LogP contribution in [0, 0.1) is 0 Å². The summed E-state index contributed by atoms with van der Waals surface area (Å²) in [5.74, 6) is -0.441. The lowest BCUT2D eigenvalue weighted by atomic mass is 10.2. The van der Waals surface area contributed by atoms with E-state index in [-0.39, 0.29) is 5.69 Å². The van der Waals surface area contributed by atoms with E-state index in [4.69, 9.17) is 15.7 Å². The minimum absolute atomic E-state index is 0.288. The van der Waals surface area contributed by atoms with Gasteiger partial charge in [-0.25, -0.2) is 4.79 Å². The fourth-order valence-corrected chi connectivity index (χ4v) is 0.995. The molecule has 0 saturated heterocycles. The highest BCUT2D eigenvalue weighted by atomic mass is 16.5. The van der Waals surface area contributed by atoms with Crippen molar-refractivity contribution in [2.24, 2.45) is 0 Å². The van der Waals surface area contributed by atoms with Gasteiger partial charge in [0, 0.05) is 0 Å². The molecule has 0 spiro atoms. The summed E-state index contributed by atoms with van der Waals surface area (Å²) >= 11 is 0. The monoisotopic (exact) mass is 196 g/mol. The lowest BCUT2D eigenvalue weighted by Gasteiger charge is -2.06. The standard InChI is InChI=1S/C9H12N2O3/c1-2-14-9(12)6-3-4-7(10)8(5-6)11-13/h3-5,11,13H,2,10H2,1H3.